The summed E-state index contributed by atoms with van der Waals surface area (Å²) in [4.78, 5) is 17.3. The Bertz CT molecular complexity index is 1300. The first-order valence-corrected chi connectivity index (χ1v) is 14.9. The third-order valence-electron chi connectivity index (χ3n) is 6.89. The van der Waals surface area contributed by atoms with Crippen LogP contribution in [0.1, 0.15) is 12.8 Å². The van der Waals surface area contributed by atoms with E-state index in [2.05, 4.69) is 4.98 Å². The number of nitrogens with zero attached hydrogens (tertiary/aromatic N) is 6. The van der Waals surface area contributed by atoms with E-state index < -0.39 is 37.8 Å². The highest BCUT2D eigenvalue weighted by molar-refractivity contribution is 7.89. The first-order valence-electron chi connectivity index (χ1n) is 11.9. The SMILES string of the molecule is Cn1cnc(S(=O)(=O)N2CCCC(C(CS(=O)(=O)N3CCN(c4ccc(F)cc4)CC3)N([O-])C=O)C2)c1. The quantitative estimate of drug-likeness (QED) is 0.320. The van der Waals surface area contributed by atoms with Gasteiger partial charge in [-0.05, 0) is 43.0 Å². The number of piperidine rings is 1. The molecule has 12 nitrogen and oxygen atoms in total. The number of hydroxylamine groups is 2. The number of benzene rings is 1. The van der Waals surface area contributed by atoms with Gasteiger partial charge in [0.05, 0.1) is 12.1 Å². The lowest BCUT2D eigenvalue weighted by molar-refractivity contribution is -0.118. The van der Waals surface area contributed by atoms with Gasteiger partial charge in [-0.15, -0.1) is 0 Å². The van der Waals surface area contributed by atoms with E-state index in [1.807, 2.05) is 4.90 Å². The van der Waals surface area contributed by atoms with Gasteiger partial charge >= 0.3 is 0 Å². The van der Waals surface area contributed by atoms with Crippen LogP contribution < -0.4 is 4.90 Å². The Kier molecular flexibility index (Phi) is 8.18. The van der Waals surface area contributed by atoms with Crippen LogP contribution in [-0.2, 0) is 31.9 Å². The maximum Gasteiger partial charge on any atom is 0.262 e. The number of piperazine rings is 1. The summed E-state index contributed by atoms with van der Waals surface area (Å²) in [6, 6.07) is 4.70. The zero-order chi connectivity index (χ0) is 26.8. The van der Waals surface area contributed by atoms with Gasteiger partial charge in [-0.3, -0.25) is 4.79 Å². The summed E-state index contributed by atoms with van der Waals surface area (Å²) < 4.78 is 69.9. The number of rotatable bonds is 9. The highest BCUT2D eigenvalue weighted by Crippen LogP contribution is 2.28. The maximum atomic E-state index is 13.3. The number of hydrogen-bond donors (Lipinski definition) is 0. The summed E-state index contributed by atoms with van der Waals surface area (Å²) in [7, 11) is -6.23. The summed E-state index contributed by atoms with van der Waals surface area (Å²) >= 11 is 0. The lowest BCUT2D eigenvalue weighted by atomic mass is 9.92. The van der Waals surface area contributed by atoms with Crippen LogP contribution in [0.25, 0.3) is 0 Å². The van der Waals surface area contributed by atoms with Crippen LogP contribution in [-0.4, -0.2) is 97.5 Å². The Morgan fingerprint density at radius 2 is 1.78 bits per heavy atom. The largest absolute Gasteiger partial charge is 0.756 e. The zero-order valence-electron chi connectivity index (χ0n) is 20.4. The third kappa shape index (κ3) is 6.12. The van der Waals surface area contributed by atoms with E-state index in [-0.39, 0.29) is 48.5 Å². The average Bonchev–Trinajstić information content (AvgIpc) is 3.34. The van der Waals surface area contributed by atoms with E-state index in [0.717, 1.165) is 5.69 Å². The maximum absolute atomic E-state index is 13.3. The van der Waals surface area contributed by atoms with Gasteiger partial charge in [0, 0.05) is 64.2 Å². The normalized spacial score (nSPS) is 21.1. The van der Waals surface area contributed by atoms with Gasteiger partial charge in [-0.25, -0.2) is 26.2 Å². The molecule has 204 valence electrons. The second-order valence-corrected chi connectivity index (χ2v) is 13.2. The number of halogens is 1. The zero-order valence-corrected chi connectivity index (χ0v) is 22.0. The molecule has 0 aliphatic carbocycles. The molecule has 2 unspecified atom stereocenters. The van der Waals surface area contributed by atoms with E-state index in [0.29, 0.717) is 25.9 Å². The van der Waals surface area contributed by atoms with Crippen molar-refractivity contribution in [2.45, 2.75) is 23.9 Å². The molecule has 37 heavy (non-hydrogen) atoms. The minimum atomic E-state index is -3.94. The summed E-state index contributed by atoms with van der Waals surface area (Å²) in [6.07, 6.45) is 3.59. The molecule has 1 aromatic heterocycles. The van der Waals surface area contributed by atoms with Crippen molar-refractivity contribution in [2.24, 2.45) is 13.0 Å². The second kappa shape index (κ2) is 11.0. The van der Waals surface area contributed by atoms with Crippen LogP contribution in [0.4, 0.5) is 10.1 Å². The van der Waals surface area contributed by atoms with Gasteiger partial charge in [0.1, 0.15) is 5.82 Å². The van der Waals surface area contributed by atoms with Gasteiger partial charge < -0.3 is 19.7 Å². The smallest absolute Gasteiger partial charge is 0.262 e. The Labute approximate surface area is 215 Å². The van der Waals surface area contributed by atoms with E-state index in [9.17, 15) is 31.2 Å². The van der Waals surface area contributed by atoms with E-state index in [1.54, 1.807) is 19.2 Å². The number of amides is 1. The lowest BCUT2D eigenvalue weighted by Crippen LogP contribution is -2.54. The number of imidazole rings is 1. The minimum Gasteiger partial charge on any atom is -0.756 e. The van der Waals surface area contributed by atoms with Crippen LogP contribution in [0.5, 0.6) is 0 Å². The fourth-order valence-electron chi connectivity index (χ4n) is 4.85. The van der Waals surface area contributed by atoms with Crippen molar-refractivity contribution in [3.05, 3.63) is 47.8 Å². The Morgan fingerprint density at radius 1 is 1.11 bits per heavy atom. The van der Waals surface area contributed by atoms with E-state index >= 15 is 0 Å². The molecular formula is C22H30FN6O6S2-. The summed E-state index contributed by atoms with van der Waals surface area (Å²) in [5.74, 6) is -1.62. The molecule has 0 radical (unpaired) electrons. The number of aryl methyl sites for hydroxylation is 1. The van der Waals surface area contributed by atoms with Crippen LogP contribution in [0.3, 0.4) is 0 Å². The van der Waals surface area contributed by atoms with E-state index in [4.69, 9.17) is 0 Å². The molecule has 1 amide bonds. The van der Waals surface area contributed by atoms with Gasteiger partial charge in [0.2, 0.25) is 10.0 Å². The van der Waals surface area contributed by atoms with Crippen molar-refractivity contribution < 1.29 is 26.0 Å². The number of carbonyl (C=O) groups excluding carboxylic acids is 1. The molecule has 3 heterocycles. The predicted octanol–water partition coefficient (Wildman–Crippen LogP) is 0.437. The molecule has 2 aromatic rings. The monoisotopic (exact) mass is 557 g/mol. The fourth-order valence-corrected chi connectivity index (χ4v) is 8.14. The lowest BCUT2D eigenvalue weighted by Gasteiger charge is -2.43. The fraction of sp³-hybridized carbons (Fsp3) is 0.545. The highest BCUT2D eigenvalue weighted by atomic mass is 32.2. The van der Waals surface area contributed by atoms with Gasteiger partial charge in [-0.1, -0.05) is 0 Å². The topological polar surface area (TPSA) is 139 Å². The second-order valence-electron chi connectivity index (χ2n) is 9.32. The van der Waals surface area contributed by atoms with Crippen molar-refractivity contribution >= 4 is 32.1 Å². The Morgan fingerprint density at radius 3 is 2.38 bits per heavy atom. The molecular weight excluding hydrogens is 527 g/mol. The van der Waals surface area contributed by atoms with Gasteiger partial charge in [0.25, 0.3) is 10.0 Å². The van der Waals surface area contributed by atoms with Crippen LogP contribution in [0.2, 0.25) is 0 Å². The van der Waals surface area contributed by atoms with Crippen molar-refractivity contribution in [3.8, 4) is 0 Å². The number of hydrogen-bond acceptors (Lipinski definition) is 8. The summed E-state index contributed by atoms with van der Waals surface area (Å²) in [6.45, 7) is 1.20. The van der Waals surface area contributed by atoms with Crippen molar-refractivity contribution in [3.63, 3.8) is 0 Å². The Hall–Kier alpha value is -2.59. The van der Waals surface area contributed by atoms with Gasteiger partial charge in [-0.2, -0.15) is 8.61 Å². The number of aromatic nitrogens is 2. The molecule has 2 atom stereocenters. The summed E-state index contributed by atoms with van der Waals surface area (Å²) in [5, 5.41) is 12.5. The molecule has 2 aliphatic rings. The van der Waals surface area contributed by atoms with Crippen molar-refractivity contribution in [1.29, 1.82) is 0 Å². The minimum absolute atomic E-state index is 0.0405. The standard InChI is InChI=1S/C22H30FN6O6S2/c1-25-14-22(24-16-25)37(34,35)28-8-2-3-18(13-28)21(29(31)17-30)15-36(32,33)27-11-9-26(10-12-27)20-6-4-19(23)5-7-20/h4-7,14,16-18,21H,2-3,8-13,15H2,1H3/q-1. The third-order valence-corrected chi connectivity index (χ3v) is 10.6. The van der Waals surface area contributed by atoms with Gasteiger partial charge in [0.15, 0.2) is 11.4 Å². The number of sulfonamides is 2. The molecule has 0 N–H and O–H groups in total. The summed E-state index contributed by atoms with van der Waals surface area (Å²) in [5.41, 5.74) is 0.777. The molecule has 15 heteroatoms. The molecule has 4 rings (SSSR count). The first kappa shape index (κ1) is 27.4. The van der Waals surface area contributed by atoms with Crippen LogP contribution in [0, 0.1) is 16.9 Å². The molecule has 0 bridgehead atoms. The van der Waals surface area contributed by atoms with E-state index in [1.165, 1.54) is 37.8 Å². The first-order chi connectivity index (χ1) is 17.5. The molecule has 2 saturated heterocycles. The molecule has 0 spiro atoms. The molecule has 0 saturated carbocycles. The highest BCUT2D eigenvalue weighted by Gasteiger charge is 2.38. The predicted molar refractivity (Wildman–Crippen MR) is 134 cm³/mol. The Balaban J connectivity index is 1.45. The molecule has 2 aliphatic heterocycles. The van der Waals surface area contributed by atoms with Crippen LogP contribution in [0.15, 0.2) is 41.8 Å². The molecule has 1 aromatic carbocycles. The van der Waals surface area contributed by atoms with Crippen LogP contribution >= 0.6 is 0 Å². The average molecular weight is 558 g/mol. The molecule has 2 fully saturated rings. The van der Waals surface area contributed by atoms with Crippen molar-refractivity contribution in [2.75, 3.05) is 49.9 Å². The van der Waals surface area contributed by atoms with Crippen molar-refractivity contribution in [1.82, 2.24) is 23.2 Å². The number of carbonyl (C=O) groups is 1. The number of anilines is 1.